The molecule has 1 amide bonds. The summed E-state index contributed by atoms with van der Waals surface area (Å²) in [5, 5.41) is 3.12. The van der Waals surface area contributed by atoms with Crippen LogP contribution in [0.25, 0.3) is 5.82 Å². The Hall–Kier alpha value is -3.80. The first-order valence-electron chi connectivity index (χ1n) is 8.51. The van der Waals surface area contributed by atoms with E-state index in [1.807, 2.05) is 42.5 Å². The fraction of sp³-hybridized carbons (Fsp3) is 0.0476. The number of carbonyl (C=O) groups is 1. The van der Waals surface area contributed by atoms with E-state index in [-0.39, 0.29) is 11.9 Å². The lowest BCUT2D eigenvalue weighted by molar-refractivity contribution is 0.0943. The zero-order valence-corrected chi connectivity index (χ0v) is 14.4. The van der Waals surface area contributed by atoms with Crippen LogP contribution < -0.4 is 5.32 Å². The van der Waals surface area contributed by atoms with Crippen LogP contribution in [0, 0.1) is 0 Å². The number of imidazole rings is 1. The van der Waals surface area contributed by atoms with Gasteiger partial charge in [0.05, 0.1) is 6.04 Å². The van der Waals surface area contributed by atoms with Crippen LogP contribution in [0.2, 0.25) is 0 Å². The average molecular weight is 355 g/mol. The van der Waals surface area contributed by atoms with Crippen LogP contribution in [-0.2, 0) is 0 Å². The molecule has 0 saturated carbocycles. The smallest absolute Gasteiger partial charge is 0.252 e. The van der Waals surface area contributed by atoms with E-state index in [2.05, 4.69) is 20.3 Å². The van der Waals surface area contributed by atoms with Crippen LogP contribution in [-0.4, -0.2) is 25.4 Å². The second-order valence-electron chi connectivity index (χ2n) is 5.97. The summed E-state index contributed by atoms with van der Waals surface area (Å²) >= 11 is 0. The molecule has 132 valence electrons. The topological polar surface area (TPSA) is 72.7 Å². The SMILES string of the molecule is O=C(NC(c1ccccc1)c1ccncc1)c1ccnc(-n2ccnc2)c1. The highest BCUT2D eigenvalue weighted by Gasteiger charge is 2.18. The summed E-state index contributed by atoms with van der Waals surface area (Å²) < 4.78 is 1.76. The van der Waals surface area contributed by atoms with Crippen LogP contribution in [0.1, 0.15) is 27.5 Å². The summed E-state index contributed by atoms with van der Waals surface area (Å²) in [5.74, 6) is 0.463. The Kier molecular flexibility index (Phi) is 4.70. The fourth-order valence-electron chi connectivity index (χ4n) is 2.87. The lowest BCUT2D eigenvalue weighted by Crippen LogP contribution is -2.29. The van der Waals surface area contributed by atoms with Gasteiger partial charge in [0.25, 0.3) is 5.91 Å². The van der Waals surface area contributed by atoms with E-state index in [0.29, 0.717) is 11.4 Å². The fourth-order valence-corrected chi connectivity index (χ4v) is 2.87. The molecular weight excluding hydrogens is 338 g/mol. The monoisotopic (exact) mass is 355 g/mol. The standard InChI is InChI=1S/C21H17N5O/c27-21(18-8-11-24-19(14-18)26-13-12-23-15-26)25-20(16-4-2-1-3-5-16)17-6-9-22-10-7-17/h1-15,20H,(H,25,27). The molecule has 6 nitrogen and oxygen atoms in total. The van der Waals surface area contributed by atoms with Crippen molar-refractivity contribution in [3.05, 3.63) is 109 Å². The third-order valence-corrected chi connectivity index (χ3v) is 4.22. The van der Waals surface area contributed by atoms with E-state index in [4.69, 9.17) is 0 Å². The Labute approximate surface area is 156 Å². The lowest BCUT2D eigenvalue weighted by Gasteiger charge is -2.20. The van der Waals surface area contributed by atoms with Crippen LogP contribution in [0.3, 0.4) is 0 Å². The van der Waals surface area contributed by atoms with Gasteiger partial charge in [-0.05, 0) is 35.4 Å². The maximum atomic E-state index is 12.9. The number of hydrogen-bond acceptors (Lipinski definition) is 4. The highest BCUT2D eigenvalue weighted by Crippen LogP contribution is 2.22. The van der Waals surface area contributed by atoms with Gasteiger partial charge in [0.2, 0.25) is 0 Å². The zero-order chi connectivity index (χ0) is 18.5. The molecule has 1 unspecified atom stereocenters. The van der Waals surface area contributed by atoms with E-state index in [0.717, 1.165) is 11.1 Å². The maximum Gasteiger partial charge on any atom is 0.252 e. The highest BCUT2D eigenvalue weighted by atomic mass is 16.1. The van der Waals surface area contributed by atoms with Gasteiger partial charge < -0.3 is 5.32 Å². The van der Waals surface area contributed by atoms with Gasteiger partial charge in [-0.1, -0.05) is 30.3 Å². The molecule has 3 aromatic heterocycles. The Morgan fingerprint density at radius 3 is 2.41 bits per heavy atom. The number of carbonyl (C=O) groups excluding carboxylic acids is 1. The molecule has 27 heavy (non-hydrogen) atoms. The van der Waals surface area contributed by atoms with Gasteiger partial charge in [0.15, 0.2) is 0 Å². The number of rotatable bonds is 5. The predicted molar refractivity (Wildman–Crippen MR) is 101 cm³/mol. The Bertz CT molecular complexity index is 977. The van der Waals surface area contributed by atoms with Crippen molar-refractivity contribution in [1.82, 2.24) is 24.8 Å². The van der Waals surface area contributed by atoms with Crippen molar-refractivity contribution in [3.8, 4) is 5.82 Å². The lowest BCUT2D eigenvalue weighted by atomic mass is 9.99. The Balaban J connectivity index is 1.64. The first-order valence-corrected chi connectivity index (χ1v) is 8.51. The summed E-state index contributed by atoms with van der Waals surface area (Å²) in [6, 6.07) is 16.8. The highest BCUT2D eigenvalue weighted by molar-refractivity contribution is 5.95. The van der Waals surface area contributed by atoms with Gasteiger partial charge >= 0.3 is 0 Å². The van der Waals surface area contributed by atoms with Gasteiger partial charge in [0.1, 0.15) is 12.1 Å². The first kappa shape index (κ1) is 16.7. The van der Waals surface area contributed by atoms with E-state index in [1.54, 1.807) is 54.0 Å². The van der Waals surface area contributed by atoms with Crippen molar-refractivity contribution < 1.29 is 4.79 Å². The van der Waals surface area contributed by atoms with E-state index in [9.17, 15) is 4.79 Å². The number of nitrogens with zero attached hydrogens (tertiary/aromatic N) is 4. The molecule has 1 atom stereocenters. The van der Waals surface area contributed by atoms with E-state index in [1.165, 1.54) is 0 Å². The van der Waals surface area contributed by atoms with Crippen LogP contribution >= 0.6 is 0 Å². The third-order valence-electron chi connectivity index (χ3n) is 4.22. The van der Waals surface area contributed by atoms with Crippen molar-refractivity contribution >= 4 is 5.91 Å². The predicted octanol–water partition coefficient (Wildman–Crippen LogP) is 3.18. The van der Waals surface area contributed by atoms with Gasteiger partial charge in [-0.25, -0.2) is 9.97 Å². The molecule has 1 N–H and O–H groups in total. The molecule has 0 fully saturated rings. The van der Waals surface area contributed by atoms with Gasteiger partial charge in [-0.15, -0.1) is 0 Å². The molecule has 0 aliphatic rings. The molecule has 4 rings (SSSR count). The summed E-state index contributed by atoms with van der Waals surface area (Å²) in [6.07, 6.45) is 10.2. The van der Waals surface area contributed by atoms with Gasteiger partial charge in [-0.3, -0.25) is 14.3 Å². The molecule has 3 heterocycles. The second kappa shape index (κ2) is 7.61. The molecule has 6 heteroatoms. The average Bonchev–Trinajstić information content (AvgIpc) is 3.28. The van der Waals surface area contributed by atoms with Gasteiger partial charge in [-0.2, -0.15) is 0 Å². The normalized spacial score (nSPS) is 11.7. The number of aromatic nitrogens is 4. The van der Waals surface area contributed by atoms with E-state index < -0.39 is 0 Å². The minimum atomic E-state index is -0.272. The second-order valence-corrected chi connectivity index (χ2v) is 5.97. The quantitative estimate of drug-likeness (QED) is 0.597. The van der Waals surface area contributed by atoms with Crippen LogP contribution in [0.4, 0.5) is 0 Å². The van der Waals surface area contributed by atoms with Gasteiger partial charge in [0, 0.05) is 36.5 Å². The summed E-state index contributed by atoms with van der Waals surface area (Å²) in [4.78, 5) is 25.3. The minimum absolute atomic E-state index is 0.176. The number of nitrogens with one attached hydrogen (secondary N) is 1. The third kappa shape index (κ3) is 3.74. The minimum Gasteiger partial charge on any atom is -0.341 e. The molecule has 0 radical (unpaired) electrons. The summed E-state index contributed by atoms with van der Waals surface area (Å²) in [5.41, 5.74) is 2.50. The molecule has 0 bridgehead atoms. The van der Waals surface area contributed by atoms with Crippen molar-refractivity contribution in [2.75, 3.05) is 0 Å². The molecule has 4 aromatic rings. The number of amides is 1. The van der Waals surface area contributed by atoms with Crippen molar-refractivity contribution in [2.45, 2.75) is 6.04 Å². The number of hydrogen-bond donors (Lipinski definition) is 1. The van der Waals surface area contributed by atoms with Crippen molar-refractivity contribution in [3.63, 3.8) is 0 Å². The van der Waals surface area contributed by atoms with Crippen molar-refractivity contribution in [2.24, 2.45) is 0 Å². The summed E-state index contributed by atoms with van der Waals surface area (Å²) in [6.45, 7) is 0. The molecule has 1 aromatic carbocycles. The zero-order valence-electron chi connectivity index (χ0n) is 14.4. The molecule has 0 aliphatic heterocycles. The Morgan fingerprint density at radius 1 is 0.889 bits per heavy atom. The summed E-state index contributed by atoms with van der Waals surface area (Å²) in [7, 11) is 0. The van der Waals surface area contributed by atoms with Crippen molar-refractivity contribution in [1.29, 1.82) is 0 Å². The first-order chi connectivity index (χ1) is 13.3. The molecule has 0 aliphatic carbocycles. The Morgan fingerprint density at radius 2 is 1.67 bits per heavy atom. The maximum absolute atomic E-state index is 12.9. The van der Waals surface area contributed by atoms with Crippen LogP contribution in [0.15, 0.2) is 91.9 Å². The molecular formula is C21H17N5O. The van der Waals surface area contributed by atoms with E-state index >= 15 is 0 Å². The van der Waals surface area contributed by atoms with Crippen LogP contribution in [0.5, 0.6) is 0 Å². The largest absolute Gasteiger partial charge is 0.341 e. The number of pyridine rings is 2. The molecule has 0 spiro atoms. The number of benzene rings is 1. The molecule has 0 saturated heterocycles.